The van der Waals surface area contributed by atoms with E-state index in [9.17, 15) is 19.1 Å². The van der Waals surface area contributed by atoms with E-state index in [0.29, 0.717) is 17.9 Å². The number of likely N-dealkylation sites (tertiary alicyclic amines) is 1. The van der Waals surface area contributed by atoms with Gasteiger partial charge in [-0.2, -0.15) is 0 Å². The lowest BCUT2D eigenvalue weighted by Gasteiger charge is -2.28. The van der Waals surface area contributed by atoms with Gasteiger partial charge in [0.15, 0.2) is 0 Å². The van der Waals surface area contributed by atoms with Gasteiger partial charge in [0, 0.05) is 17.3 Å². The predicted octanol–water partition coefficient (Wildman–Crippen LogP) is 0.459. The number of quaternary nitrogens is 1. The van der Waals surface area contributed by atoms with Crippen molar-refractivity contribution in [2.24, 2.45) is 0 Å². The van der Waals surface area contributed by atoms with E-state index in [1.54, 1.807) is 29.7 Å². The Balaban J connectivity index is 1.97. The molecule has 3 aromatic rings. The van der Waals surface area contributed by atoms with E-state index in [4.69, 9.17) is 0 Å². The molecule has 7 nitrogen and oxygen atoms in total. The first kappa shape index (κ1) is 21.7. The molecular formula is C24H25FN4O3. The summed E-state index contributed by atoms with van der Waals surface area (Å²) in [6.45, 7) is 4.32. The van der Waals surface area contributed by atoms with E-state index >= 15 is 0 Å². The molecule has 166 valence electrons. The maximum absolute atomic E-state index is 14.8. The fourth-order valence-corrected chi connectivity index (χ4v) is 4.18. The Kier molecular flexibility index (Phi) is 5.56. The Morgan fingerprint density at radius 1 is 1.16 bits per heavy atom. The number of halogens is 1. The standard InChI is InChI=1S/C24H25FN4O3/c1-14-8-7-11-28-19(15(2)26-23(14)28)21(30)18-20(16-9-5-6-10-17(16)25)29(13-12-27(3)4)24(32)22(18)31/h5-11,20,30H,12-13H2,1-4H3. The molecule has 0 bridgehead atoms. The third-order valence-electron chi connectivity index (χ3n) is 5.82. The molecule has 3 heterocycles. The number of amides is 1. The molecule has 8 heteroatoms. The number of nitrogens with one attached hydrogen (secondary N) is 1. The SMILES string of the molecule is Cc1nc2c(C)cccn2c1C([O-])=C1C(=O)C(=O)N(CC[NH+](C)C)C1c1ccccc1F. The Morgan fingerprint density at radius 3 is 2.56 bits per heavy atom. The summed E-state index contributed by atoms with van der Waals surface area (Å²) in [6.07, 6.45) is 1.70. The van der Waals surface area contributed by atoms with Crippen LogP contribution in [0.5, 0.6) is 0 Å². The minimum absolute atomic E-state index is 0.131. The topological polar surface area (TPSA) is 82.2 Å². The number of rotatable bonds is 5. The fourth-order valence-electron chi connectivity index (χ4n) is 4.18. The maximum atomic E-state index is 14.8. The summed E-state index contributed by atoms with van der Waals surface area (Å²) >= 11 is 0. The van der Waals surface area contributed by atoms with Gasteiger partial charge in [0.05, 0.1) is 44.6 Å². The highest BCUT2D eigenvalue weighted by Gasteiger charge is 2.45. The normalized spacial score (nSPS) is 18.3. The van der Waals surface area contributed by atoms with Gasteiger partial charge in [-0.3, -0.25) is 9.59 Å². The van der Waals surface area contributed by atoms with Gasteiger partial charge in [-0.25, -0.2) is 9.37 Å². The summed E-state index contributed by atoms with van der Waals surface area (Å²) in [5, 5.41) is 13.8. The number of carbonyl (C=O) groups excluding carboxylic acids is 2. The number of nitrogens with zero attached hydrogens (tertiary/aromatic N) is 3. The number of hydrogen-bond donors (Lipinski definition) is 1. The summed E-state index contributed by atoms with van der Waals surface area (Å²) in [5.41, 5.74) is 2.02. The second kappa shape index (κ2) is 8.20. The molecule has 4 rings (SSSR count). The second-order valence-corrected chi connectivity index (χ2v) is 8.38. The molecule has 0 radical (unpaired) electrons. The van der Waals surface area contributed by atoms with Crippen molar-refractivity contribution in [3.63, 3.8) is 0 Å². The average molecular weight is 436 g/mol. The van der Waals surface area contributed by atoms with Gasteiger partial charge >= 0.3 is 0 Å². The highest BCUT2D eigenvalue weighted by atomic mass is 19.1. The zero-order chi connectivity index (χ0) is 23.2. The number of aromatic nitrogens is 2. The lowest BCUT2D eigenvalue weighted by atomic mass is 9.96. The Hall–Kier alpha value is -3.52. The van der Waals surface area contributed by atoms with Crippen LogP contribution in [0.15, 0.2) is 48.2 Å². The van der Waals surface area contributed by atoms with E-state index < -0.39 is 29.3 Å². The van der Waals surface area contributed by atoms with Crippen molar-refractivity contribution < 1.29 is 24.0 Å². The fraction of sp³-hybridized carbons (Fsp3) is 0.292. The summed E-state index contributed by atoms with van der Waals surface area (Å²) in [5.74, 6) is -2.85. The molecule has 0 aliphatic carbocycles. The number of Topliss-reactive ketones (excluding diaryl/α,β-unsaturated/α-hetero) is 1. The lowest BCUT2D eigenvalue weighted by molar-refractivity contribution is -0.857. The Morgan fingerprint density at radius 2 is 1.88 bits per heavy atom. The van der Waals surface area contributed by atoms with Gasteiger partial charge < -0.3 is 19.3 Å². The summed E-state index contributed by atoms with van der Waals surface area (Å²) in [7, 11) is 3.83. The highest BCUT2D eigenvalue weighted by Crippen LogP contribution is 2.39. The molecule has 2 aromatic heterocycles. The van der Waals surface area contributed by atoms with E-state index in [0.717, 1.165) is 10.5 Å². The second-order valence-electron chi connectivity index (χ2n) is 8.38. The van der Waals surface area contributed by atoms with Crippen molar-refractivity contribution in [3.8, 4) is 0 Å². The third kappa shape index (κ3) is 3.46. The number of fused-ring (bicyclic) bond motifs is 1. The first-order chi connectivity index (χ1) is 15.2. The van der Waals surface area contributed by atoms with Gasteiger partial charge in [-0.15, -0.1) is 0 Å². The van der Waals surface area contributed by atoms with Gasteiger partial charge in [-0.05, 0) is 31.5 Å². The summed E-state index contributed by atoms with van der Waals surface area (Å²) in [6, 6.07) is 8.52. The van der Waals surface area contributed by atoms with Crippen LogP contribution >= 0.6 is 0 Å². The van der Waals surface area contributed by atoms with Crippen molar-refractivity contribution >= 4 is 23.1 Å². The molecule has 1 aliphatic rings. The van der Waals surface area contributed by atoms with E-state index in [-0.39, 0.29) is 23.4 Å². The van der Waals surface area contributed by atoms with Crippen molar-refractivity contribution in [1.82, 2.24) is 14.3 Å². The van der Waals surface area contributed by atoms with Crippen LogP contribution < -0.4 is 10.0 Å². The molecule has 1 N–H and O–H groups in total. The first-order valence-electron chi connectivity index (χ1n) is 10.5. The van der Waals surface area contributed by atoms with Crippen LogP contribution in [0.3, 0.4) is 0 Å². The quantitative estimate of drug-likeness (QED) is 0.358. The molecule has 0 saturated carbocycles. The van der Waals surface area contributed by atoms with Crippen LogP contribution in [0, 0.1) is 19.7 Å². The lowest BCUT2D eigenvalue weighted by Crippen LogP contribution is -3.06. The number of pyridine rings is 1. The maximum Gasteiger partial charge on any atom is 0.295 e. The largest absolute Gasteiger partial charge is 0.871 e. The molecule has 1 aromatic carbocycles. The summed E-state index contributed by atoms with van der Waals surface area (Å²) < 4.78 is 16.5. The number of ketones is 1. The third-order valence-corrected chi connectivity index (χ3v) is 5.82. The average Bonchev–Trinajstić information content (AvgIpc) is 3.21. The smallest absolute Gasteiger partial charge is 0.295 e. The zero-order valence-electron chi connectivity index (χ0n) is 18.5. The van der Waals surface area contributed by atoms with Gasteiger partial charge in [0.25, 0.3) is 5.91 Å². The number of aryl methyl sites for hydroxylation is 2. The molecule has 1 unspecified atom stereocenters. The Labute approximate surface area is 185 Å². The van der Waals surface area contributed by atoms with Gasteiger partial charge in [-0.1, -0.05) is 30.0 Å². The van der Waals surface area contributed by atoms with Gasteiger partial charge in [0.2, 0.25) is 5.78 Å². The minimum atomic E-state index is -1.09. The number of carbonyl (C=O) groups is 2. The predicted molar refractivity (Wildman–Crippen MR) is 115 cm³/mol. The molecule has 1 saturated heterocycles. The number of hydrogen-bond acceptors (Lipinski definition) is 4. The minimum Gasteiger partial charge on any atom is -0.871 e. The van der Waals surface area contributed by atoms with Crippen LogP contribution in [0.2, 0.25) is 0 Å². The zero-order valence-corrected chi connectivity index (χ0v) is 18.5. The number of benzene rings is 1. The van der Waals surface area contributed by atoms with Crippen LogP contribution in [0.4, 0.5) is 4.39 Å². The molecule has 0 spiro atoms. The van der Waals surface area contributed by atoms with Crippen LogP contribution in [0.25, 0.3) is 11.4 Å². The molecule has 32 heavy (non-hydrogen) atoms. The van der Waals surface area contributed by atoms with Crippen LogP contribution in [-0.2, 0) is 9.59 Å². The van der Waals surface area contributed by atoms with Crippen molar-refractivity contribution in [2.45, 2.75) is 19.9 Å². The molecule has 1 fully saturated rings. The first-order valence-corrected chi connectivity index (χ1v) is 10.5. The number of likely N-dealkylation sites (N-methyl/N-ethyl adjacent to an activating group) is 1. The molecule has 1 amide bonds. The summed E-state index contributed by atoms with van der Waals surface area (Å²) in [4.78, 5) is 32.9. The highest BCUT2D eigenvalue weighted by molar-refractivity contribution is 6.46. The van der Waals surface area contributed by atoms with Crippen molar-refractivity contribution in [2.75, 3.05) is 27.2 Å². The Bertz CT molecular complexity index is 1260. The van der Waals surface area contributed by atoms with E-state index in [1.807, 2.05) is 27.1 Å². The van der Waals surface area contributed by atoms with Crippen LogP contribution in [0.1, 0.15) is 28.6 Å². The van der Waals surface area contributed by atoms with Crippen LogP contribution in [-0.4, -0.2) is 53.2 Å². The molecular weight excluding hydrogens is 411 g/mol. The van der Waals surface area contributed by atoms with Crippen molar-refractivity contribution in [3.05, 3.63) is 76.5 Å². The van der Waals surface area contributed by atoms with E-state index in [2.05, 4.69) is 4.98 Å². The number of imidazole rings is 1. The van der Waals surface area contributed by atoms with Crippen molar-refractivity contribution in [1.29, 1.82) is 0 Å². The molecule has 1 atom stereocenters. The van der Waals surface area contributed by atoms with E-state index in [1.165, 1.54) is 23.1 Å². The van der Waals surface area contributed by atoms with Gasteiger partial charge in [0.1, 0.15) is 11.5 Å². The monoisotopic (exact) mass is 436 g/mol. The molecule has 1 aliphatic heterocycles.